The van der Waals surface area contributed by atoms with Crippen molar-refractivity contribution in [3.8, 4) is 17.2 Å². The largest absolute Gasteiger partial charge is 0.462 e. The van der Waals surface area contributed by atoms with Crippen molar-refractivity contribution in [3.05, 3.63) is 137 Å². The van der Waals surface area contributed by atoms with E-state index in [1.807, 2.05) is 6.92 Å². The number of carbonyl (C=O) groups excluding carboxylic acids is 6. The van der Waals surface area contributed by atoms with Gasteiger partial charge in [0.15, 0.2) is 0 Å². The lowest BCUT2D eigenvalue weighted by atomic mass is 10.1. The molecule has 0 spiro atoms. The van der Waals surface area contributed by atoms with Crippen LogP contribution in [0.25, 0.3) is 0 Å². The van der Waals surface area contributed by atoms with Crippen LogP contribution in [0.1, 0.15) is 79.2 Å². The summed E-state index contributed by atoms with van der Waals surface area (Å²) < 4.78 is 36.6. The van der Waals surface area contributed by atoms with Crippen molar-refractivity contribution in [3.63, 3.8) is 0 Å². The third-order valence-electron chi connectivity index (χ3n) is 8.23. The fourth-order valence-corrected chi connectivity index (χ4v) is 4.93. The Morgan fingerprint density at radius 3 is 1.74 bits per heavy atom. The van der Waals surface area contributed by atoms with Gasteiger partial charge in [0.1, 0.15) is 17.2 Å². The Labute approximate surface area is 328 Å². The molecule has 57 heavy (non-hydrogen) atoms. The molecule has 0 aliphatic heterocycles. The minimum absolute atomic E-state index is 0.0422. The molecule has 0 amide bonds. The molecule has 1 unspecified atom stereocenters. The monoisotopic (exact) mass is 782 g/mol. The average Bonchev–Trinajstić information content (AvgIpc) is 3.21. The van der Waals surface area contributed by atoms with Crippen LogP contribution in [0, 0.1) is 5.92 Å². The second-order valence-electron chi connectivity index (χ2n) is 12.5. The first-order chi connectivity index (χ1) is 27.4. The lowest BCUT2D eigenvalue weighted by Gasteiger charge is -2.13. The molecule has 0 aliphatic carbocycles. The summed E-state index contributed by atoms with van der Waals surface area (Å²) in [6, 6.07) is 22.8. The molecule has 0 heterocycles. The minimum atomic E-state index is -0.703. The van der Waals surface area contributed by atoms with E-state index >= 15 is 0 Å². The Morgan fingerprint density at radius 1 is 0.632 bits per heavy atom. The van der Waals surface area contributed by atoms with E-state index in [1.54, 1.807) is 24.3 Å². The first-order valence-corrected chi connectivity index (χ1v) is 17.8. The van der Waals surface area contributed by atoms with Crippen molar-refractivity contribution in [2.45, 2.75) is 39.7 Å². The van der Waals surface area contributed by atoms with Gasteiger partial charge in [0.05, 0.1) is 48.7 Å². The zero-order valence-electron chi connectivity index (χ0n) is 31.4. The van der Waals surface area contributed by atoms with E-state index in [-0.39, 0.29) is 66.3 Å². The van der Waals surface area contributed by atoms with E-state index in [9.17, 15) is 33.9 Å². The van der Waals surface area contributed by atoms with Crippen molar-refractivity contribution in [2.24, 2.45) is 5.92 Å². The second kappa shape index (κ2) is 21.9. The van der Waals surface area contributed by atoms with E-state index in [4.69, 9.17) is 33.2 Å². The molecule has 1 N–H and O–H groups in total. The van der Waals surface area contributed by atoms with E-state index in [0.717, 1.165) is 11.6 Å². The van der Waals surface area contributed by atoms with Gasteiger partial charge in [-0.05, 0) is 103 Å². The maximum Gasteiger partial charge on any atom is 0.343 e. The van der Waals surface area contributed by atoms with Gasteiger partial charge in [-0.15, -0.1) is 0 Å². The standard InChI is InChI=1S/C43H42O14/c1-4-39(46)51-24-21-30-5-7-32(8-6-30)42(49)56-37-16-11-31(12-17-37)40(47)52-22-19-28(2)20-23-53-41(48)34-13-18-38(35(25-34)26-44)57-43(50)33-9-14-36(15-10-33)55-27-54-29(3)45/h4-18,25,28,44H,1,19-24,26-27H2,2-3H3. The highest BCUT2D eigenvalue weighted by molar-refractivity contribution is 5.93. The molecule has 4 aromatic carbocycles. The van der Waals surface area contributed by atoms with Crippen LogP contribution >= 0.6 is 0 Å². The summed E-state index contributed by atoms with van der Waals surface area (Å²) in [4.78, 5) is 72.6. The summed E-state index contributed by atoms with van der Waals surface area (Å²) in [5, 5.41) is 9.87. The molecule has 1 atom stereocenters. The number of hydrogen-bond donors (Lipinski definition) is 1. The molecule has 0 radical (unpaired) electrons. The molecule has 4 rings (SSSR count). The number of carbonyl (C=O) groups is 6. The molecule has 298 valence electrons. The van der Waals surface area contributed by atoms with Gasteiger partial charge in [-0.2, -0.15) is 0 Å². The summed E-state index contributed by atoms with van der Waals surface area (Å²) in [5.41, 5.74) is 2.04. The first-order valence-electron chi connectivity index (χ1n) is 17.8. The summed E-state index contributed by atoms with van der Waals surface area (Å²) in [7, 11) is 0. The van der Waals surface area contributed by atoms with Crippen LogP contribution in [0.4, 0.5) is 0 Å². The molecular weight excluding hydrogens is 740 g/mol. The van der Waals surface area contributed by atoms with Crippen LogP contribution in [0.3, 0.4) is 0 Å². The molecule has 14 nitrogen and oxygen atoms in total. The maximum absolute atomic E-state index is 12.7. The fourth-order valence-electron chi connectivity index (χ4n) is 4.93. The third-order valence-corrected chi connectivity index (χ3v) is 8.23. The normalized spacial score (nSPS) is 11.0. The van der Waals surface area contributed by atoms with E-state index in [1.165, 1.54) is 73.7 Å². The van der Waals surface area contributed by atoms with Crippen molar-refractivity contribution < 1.29 is 67.0 Å². The number of esters is 6. The smallest absolute Gasteiger partial charge is 0.343 e. The van der Waals surface area contributed by atoms with Gasteiger partial charge >= 0.3 is 35.8 Å². The highest BCUT2D eigenvalue weighted by atomic mass is 16.7. The SMILES string of the molecule is C=CC(=O)OCCc1ccc(C(=O)Oc2ccc(C(=O)OCCC(C)CCOC(=O)c3ccc(OC(=O)c4ccc(OCOC(C)=O)cc4)c(CO)c3)cc2)cc1. The van der Waals surface area contributed by atoms with Gasteiger partial charge in [0.25, 0.3) is 0 Å². The molecule has 0 fully saturated rings. The van der Waals surface area contributed by atoms with Gasteiger partial charge < -0.3 is 38.3 Å². The maximum atomic E-state index is 12.7. The predicted molar refractivity (Wildman–Crippen MR) is 203 cm³/mol. The van der Waals surface area contributed by atoms with Gasteiger partial charge in [-0.3, -0.25) is 4.79 Å². The van der Waals surface area contributed by atoms with Crippen molar-refractivity contribution in [2.75, 3.05) is 26.6 Å². The third kappa shape index (κ3) is 14.1. The molecule has 0 bridgehead atoms. The number of benzene rings is 4. The highest BCUT2D eigenvalue weighted by Gasteiger charge is 2.17. The summed E-state index contributed by atoms with van der Waals surface area (Å²) in [6.07, 6.45) is 2.58. The van der Waals surface area contributed by atoms with Crippen molar-refractivity contribution in [1.29, 1.82) is 0 Å². The Morgan fingerprint density at radius 2 is 1.16 bits per heavy atom. The first kappa shape index (κ1) is 42.9. The van der Waals surface area contributed by atoms with Crippen LogP contribution in [0.2, 0.25) is 0 Å². The van der Waals surface area contributed by atoms with E-state index in [2.05, 4.69) is 6.58 Å². The minimum Gasteiger partial charge on any atom is -0.462 e. The Kier molecular flexibility index (Phi) is 16.5. The van der Waals surface area contributed by atoms with Crippen LogP contribution in [0.5, 0.6) is 17.2 Å². The summed E-state index contributed by atoms with van der Waals surface area (Å²) in [5.74, 6) is -2.72. The van der Waals surface area contributed by atoms with Crippen molar-refractivity contribution >= 4 is 35.8 Å². The van der Waals surface area contributed by atoms with Gasteiger partial charge in [0, 0.05) is 25.0 Å². The van der Waals surface area contributed by atoms with Crippen LogP contribution in [-0.2, 0) is 41.6 Å². The predicted octanol–water partition coefficient (Wildman–Crippen LogP) is 6.22. The average molecular weight is 783 g/mol. The Balaban J connectivity index is 1.14. The van der Waals surface area contributed by atoms with Crippen LogP contribution < -0.4 is 14.2 Å². The lowest BCUT2D eigenvalue weighted by Crippen LogP contribution is -2.13. The lowest BCUT2D eigenvalue weighted by molar-refractivity contribution is -0.147. The number of aliphatic hydroxyl groups excluding tert-OH is 1. The fraction of sp³-hybridized carbons (Fsp3) is 0.256. The molecule has 0 saturated heterocycles. The quantitative estimate of drug-likeness (QED) is 0.0350. The Bertz CT molecular complexity index is 2020. The van der Waals surface area contributed by atoms with Crippen LogP contribution in [-0.4, -0.2) is 67.5 Å². The van der Waals surface area contributed by atoms with Crippen LogP contribution in [0.15, 0.2) is 104 Å². The molecule has 0 saturated carbocycles. The molecular formula is C43H42O14. The number of aliphatic hydroxyl groups is 1. The summed E-state index contributed by atoms with van der Waals surface area (Å²) >= 11 is 0. The van der Waals surface area contributed by atoms with E-state index in [0.29, 0.717) is 30.6 Å². The molecule has 0 aliphatic rings. The summed E-state index contributed by atoms with van der Waals surface area (Å²) in [6.45, 7) is 6.16. The second-order valence-corrected chi connectivity index (χ2v) is 12.5. The Hall–Kier alpha value is -6.80. The number of hydrogen-bond acceptors (Lipinski definition) is 14. The topological polar surface area (TPSA) is 187 Å². The highest BCUT2D eigenvalue weighted by Crippen LogP contribution is 2.23. The van der Waals surface area contributed by atoms with Gasteiger partial charge in [-0.1, -0.05) is 25.6 Å². The zero-order chi connectivity index (χ0) is 41.2. The zero-order valence-corrected chi connectivity index (χ0v) is 31.4. The number of rotatable bonds is 20. The van der Waals surface area contributed by atoms with Gasteiger partial charge in [0.2, 0.25) is 6.79 Å². The molecule has 4 aromatic rings. The van der Waals surface area contributed by atoms with Crippen molar-refractivity contribution in [1.82, 2.24) is 0 Å². The van der Waals surface area contributed by atoms with Gasteiger partial charge in [-0.25, -0.2) is 24.0 Å². The van der Waals surface area contributed by atoms with E-state index < -0.39 is 42.4 Å². The molecule has 14 heteroatoms. The molecule has 0 aromatic heterocycles. The number of ether oxygens (including phenoxy) is 7.